The van der Waals surface area contributed by atoms with E-state index >= 15 is 0 Å². The zero-order valence-corrected chi connectivity index (χ0v) is 15.2. The zero-order valence-electron chi connectivity index (χ0n) is 15.2. The number of nitrogens with zero attached hydrogens (tertiary/aromatic N) is 3. The molecule has 140 valence electrons. The second kappa shape index (κ2) is 7.43. The van der Waals surface area contributed by atoms with Crippen LogP contribution < -0.4 is 5.32 Å². The number of carbonyl (C=O) groups excluding carboxylic acids is 2. The topological polar surface area (TPSA) is 116 Å². The number of H-pyrrole nitrogens is 2. The molecule has 8 nitrogen and oxygen atoms in total. The van der Waals surface area contributed by atoms with Crippen LogP contribution in [0, 0.1) is 0 Å². The summed E-state index contributed by atoms with van der Waals surface area (Å²) in [5.41, 5.74) is 3.97. The fourth-order valence-electron chi connectivity index (χ4n) is 3.06. The molecule has 2 aromatic carbocycles. The number of Topliss-reactive ketones (excluding diaryl/α,β-unsaturated/α-hetero) is 1. The number of rotatable bonds is 6. The van der Waals surface area contributed by atoms with E-state index in [2.05, 4.69) is 30.7 Å². The van der Waals surface area contributed by atoms with Gasteiger partial charge in [0.2, 0.25) is 5.91 Å². The molecular formula is C20H18N6O2. The molecule has 2 aromatic heterocycles. The van der Waals surface area contributed by atoms with Gasteiger partial charge in [0.05, 0.1) is 11.2 Å². The third kappa shape index (κ3) is 3.52. The predicted molar refractivity (Wildman–Crippen MR) is 105 cm³/mol. The van der Waals surface area contributed by atoms with Crippen molar-refractivity contribution in [1.82, 2.24) is 30.7 Å². The predicted octanol–water partition coefficient (Wildman–Crippen LogP) is 2.72. The fraction of sp³-hybridized carbons (Fsp3) is 0.150. The second-order valence-electron chi connectivity index (χ2n) is 6.40. The highest BCUT2D eigenvalue weighted by Gasteiger charge is 2.13. The van der Waals surface area contributed by atoms with Crippen LogP contribution in [-0.4, -0.2) is 43.6 Å². The van der Waals surface area contributed by atoms with E-state index in [1.54, 1.807) is 6.07 Å². The highest BCUT2D eigenvalue weighted by Crippen LogP contribution is 2.30. The van der Waals surface area contributed by atoms with Crippen LogP contribution in [0.2, 0.25) is 0 Å². The number of carbonyl (C=O) groups is 2. The molecule has 0 spiro atoms. The Balaban J connectivity index is 1.65. The Morgan fingerprint density at radius 3 is 2.75 bits per heavy atom. The summed E-state index contributed by atoms with van der Waals surface area (Å²) in [6.45, 7) is 1.76. The molecule has 4 rings (SSSR count). The van der Waals surface area contributed by atoms with E-state index in [-0.39, 0.29) is 18.1 Å². The lowest BCUT2D eigenvalue weighted by Crippen LogP contribution is -2.23. The summed E-state index contributed by atoms with van der Waals surface area (Å²) in [5.74, 6) is 0.501. The van der Waals surface area contributed by atoms with E-state index < -0.39 is 0 Å². The molecule has 0 unspecified atom stereocenters. The Bertz CT molecular complexity index is 1150. The Hall–Kier alpha value is -3.81. The Labute approximate surface area is 160 Å². The van der Waals surface area contributed by atoms with Gasteiger partial charge in [-0.05, 0) is 24.3 Å². The summed E-state index contributed by atoms with van der Waals surface area (Å²) in [4.78, 5) is 27.6. The van der Waals surface area contributed by atoms with Gasteiger partial charge in [-0.15, -0.1) is 0 Å². The van der Waals surface area contributed by atoms with E-state index in [9.17, 15) is 9.59 Å². The number of fused-ring (bicyclic) bond motifs is 1. The van der Waals surface area contributed by atoms with Gasteiger partial charge in [-0.1, -0.05) is 18.2 Å². The van der Waals surface area contributed by atoms with E-state index in [0.29, 0.717) is 17.9 Å². The maximum Gasteiger partial charge on any atom is 0.216 e. The largest absolute Gasteiger partial charge is 0.356 e. The third-order valence-electron chi connectivity index (χ3n) is 4.44. The first-order valence-corrected chi connectivity index (χ1v) is 8.84. The molecule has 28 heavy (non-hydrogen) atoms. The Kier molecular flexibility index (Phi) is 4.67. The van der Waals surface area contributed by atoms with Crippen LogP contribution in [0.25, 0.3) is 33.5 Å². The molecular weight excluding hydrogens is 356 g/mol. The minimum atomic E-state index is -0.146. The first kappa shape index (κ1) is 17.6. The molecule has 0 radical (unpaired) electrons. The van der Waals surface area contributed by atoms with Crippen LogP contribution in [0.15, 0.2) is 48.8 Å². The third-order valence-corrected chi connectivity index (χ3v) is 4.44. The van der Waals surface area contributed by atoms with Crippen LogP contribution in [0.1, 0.15) is 23.7 Å². The van der Waals surface area contributed by atoms with Crippen molar-refractivity contribution >= 4 is 22.6 Å². The Morgan fingerprint density at radius 1 is 1.07 bits per heavy atom. The van der Waals surface area contributed by atoms with Gasteiger partial charge in [-0.25, -0.2) is 4.98 Å². The molecule has 0 aliphatic heterocycles. The summed E-state index contributed by atoms with van der Waals surface area (Å²) < 4.78 is 0. The van der Waals surface area contributed by atoms with E-state index in [0.717, 1.165) is 27.7 Å². The lowest BCUT2D eigenvalue weighted by atomic mass is 10.0. The summed E-state index contributed by atoms with van der Waals surface area (Å²) in [6.07, 6.45) is 1.71. The number of aromatic amines is 2. The van der Waals surface area contributed by atoms with E-state index in [4.69, 9.17) is 0 Å². The quantitative estimate of drug-likeness (QED) is 0.449. The van der Waals surface area contributed by atoms with Gasteiger partial charge >= 0.3 is 0 Å². The lowest BCUT2D eigenvalue weighted by Gasteiger charge is -2.05. The van der Waals surface area contributed by atoms with Crippen molar-refractivity contribution in [3.05, 3.63) is 54.4 Å². The van der Waals surface area contributed by atoms with Crippen LogP contribution >= 0.6 is 0 Å². The number of nitrogens with one attached hydrogen (secondary N) is 3. The molecule has 0 fully saturated rings. The summed E-state index contributed by atoms with van der Waals surface area (Å²) in [5, 5.41) is 17.8. The monoisotopic (exact) mass is 374 g/mol. The number of hydrogen-bond acceptors (Lipinski definition) is 5. The summed E-state index contributed by atoms with van der Waals surface area (Å²) in [6, 6.07) is 13.2. The van der Waals surface area contributed by atoms with Gasteiger partial charge in [-0.2, -0.15) is 10.2 Å². The normalized spacial score (nSPS) is 10.9. The van der Waals surface area contributed by atoms with Crippen molar-refractivity contribution in [2.75, 3.05) is 6.54 Å². The van der Waals surface area contributed by atoms with Gasteiger partial charge in [0.1, 0.15) is 6.33 Å². The van der Waals surface area contributed by atoms with Gasteiger partial charge in [0.15, 0.2) is 11.6 Å². The molecule has 0 saturated carbocycles. The minimum absolute atomic E-state index is 0.0298. The number of aromatic nitrogens is 5. The molecule has 0 aliphatic carbocycles. The minimum Gasteiger partial charge on any atom is -0.356 e. The average Bonchev–Trinajstić information content (AvgIpc) is 3.37. The molecule has 1 amide bonds. The van der Waals surface area contributed by atoms with Crippen molar-refractivity contribution in [2.45, 2.75) is 13.3 Å². The van der Waals surface area contributed by atoms with Gasteiger partial charge < -0.3 is 5.32 Å². The number of hydrogen-bond donors (Lipinski definition) is 3. The van der Waals surface area contributed by atoms with E-state index in [1.807, 2.05) is 36.4 Å². The smallest absolute Gasteiger partial charge is 0.216 e. The van der Waals surface area contributed by atoms with Crippen LogP contribution in [0.5, 0.6) is 0 Å². The molecule has 8 heteroatoms. The molecule has 4 aromatic rings. The van der Waals surface area contributed by atoms with Crippen LogP contribution in [0.3, 0.4) is 0 Å². The first-order chi connectivity index (χ1) is 13.6. The van der Waals surface area contributed by atoms with Crippen molar-refractivity contribution in [3.63, 3.8) is 0 Å². The van der Waals surface area contributed by atoms with E-state index in [1.165, 1.54) is 13.3 Å². The van der Waals surface area contributed by atoms with Crippen molar-refractivity contribution < 1.29 is 9.59 Å². The van der Waals surface area contributed by atoms with Gasteiger partial charge in [0, 0.05) is 42.0 Å². The molecule has 0 saturated heterocycles. The maximum absolute atomic E-state index is 12.4. The molecule has 0 aliphatic rings. The van der Waals surface area contributed by atoms with Crippen molar-refractivity contribution in [3.8, 4) is 22.6 Å². The summed E-state index contributed by atoms with van der Waals surface area (Å²) >= 11 is 0. The maximum atomic E-state index is 12.4. The number of amides is 1. The molecule has 2 heterocycles. The first-order valence-electron chi connectivity index (χ1n) is 8.84. The van der Waals surface area contributed by atoms with Gasteiger partial charge in [0.25, 0.3) is 0 Å². The average molecular weight is 374 g/mol. The number of ketones is 1. The zero-order chi connectivity index (χ0) is 19.5. The lowest BCUT2D eigenvalue weighted by molar-refractivity contribution is -0.118. The van der Waals surface area contributed by atoms with Crippen LogP contribution in [-0.2, 0) is 4.79 Å². The van der Waals surface area contributed by atoms with Crippen molar-refractivity contribution in [2.24, 2.45) is 0 Å². The fourth-order valence-corrected chi connectivity index (χ4v) is 3.06. The molecule has 0 atom stereocenters. The summed E-state index contributed by atoms with van der Waals surface area (Å²) in [7, 11) is 0. The molecule has 0 bridgehead atoms. The Morgan fingerprint density at radius 2 is 1.96 bits per heavy atom. The van der Waals surface area contributed by atoms with Crippen LogP contribution in [0.4, 0.5) is 0 Å². The highest BCUT2D eigenvalue weighted by molar-refractivity contribution is 6.00. The van der Waals surface area contributed by atoms with Crippen molar-refractivity contribution in [1.29, 1.82) is 0 Å². The number of benzene rings is 2. The molecule has 3 N–H and O–H groups in total. The second-order valence-corrected chi connectivity index (χ2v) is 6.40. The highest BCUT2D eigenvalue weighted by atomic mass is 16.1. The standard InChI is InChI=1S/C20H18N6O2/c1-12(27)21-8-7-18(28)13-3-2-4-14(9-13)19-16-10-15(20-22-11-23-26-20)5-6-17(16)24-25-19/h2-6,9-11H,7-8H2,1H3,(H,21,27)(H,24,25)(H,22,23,26). The SMILES string of the molecule is CC(=O)NCCC(=O)c1cccc(-c2n[nH]c3ccc(-c4ncn[nH]4)cc23)c1. The van der Waals surface area contributed by atoms with Gasteiger partial charge in [-0.3, -0.25) is 19.8 Å².